The van der Waals surface area contributed by atoms with Crippen molar-refractivity contribution >= 4 is 34.0 Å². The normalized spacial score (nSPS) is 10.6. The van der Waals surface area contributed by atoms with Crippen molar-refractivity contribution in [3.63, 3.8) is 0 Å². The van der Waals surface area contributed by atoms with Crippen LogP contribution < -0.4 is 4.90 Å². The Bertz CT molecular complexity index is 407. The van der Waals surface area contributed by atoms with Crippen LogP contribution in [0.5, 0.6) is 0 Å². The zero-order valence-corrected chi connectivity index (χ0v) is 12.5. The molecule has 0 spiro atoms. The van der Waals surface area contributed by atoms with Crippen LogP contribution in [-0.4, -0.2) is 18.5 Å². The monoisotopic (exact) mass is 348 g/mol. The molecular weight excluding hydrogens is 331 g/mol. The third-order valence-corrected chi connectivity index (χ3v) is 3.47. The van der Waals surface area contributed by atoms with Crippen molar-refractivity contribution in [1.82, 2.24) is 0 Å². The maximum absolute atomic E-state index is 10.7. The van der Waals surface area contributed by atoms with E-state index in [2.05, 4.69) is 18.7 Å². The van der Waals surface area contributed by atoms with Gasteiger partial charge in [-0.2, -0.15) is 0 Å². The zero-order valence-electron chi connectivity index (χ0n) is 10.3. The SMILES string of the molecule is CC(C)CCN(C)c1ccc([N+](=O)[O-])c(I)c1. The summed E-state index contributed by atoms with van der Waals surface area (Å²) in [5, 5.41) is 10.7. The molecule has 0 atom stereocenters. The van der Waals surface area contributed by atoms with E-state index in [0.717, 1.165) is 18.7 Å². The molecule has 0 aliphatic heterocycles. The smallest absolute Gasteiger partial charge is 0.282 e. The van der Waals surface area contributed by atoms with Gasteiger partial charge in [0, 0.05) is 25.3 Å². The van der Waals surface area contributed by atoms with E-state index in [-0.39, 0.29) is 10.6 Å². The lowest BCUT2D eigenvalue weighted by Crippen LogP contribution is -2.19. The fourth-order valence-corrected chi connectivity index (χ4v) is 2.16. The Morgan fingerprint density at radius 2 is 2.12 bits per heavy atom. The summed E-state index contributed by atoms with van der Waals surface area (Å²) in [5.74, 6) is 0.662. The van der Waals surface area contributed by atoms with E-state index in [1.807, 2.05) is 35.7 Å². The fourth-order valence-electron chi connectivity index (χ4n) is 1.46. The van der Waals surface area contributed by atoms with Gasteiger partial charge in [0.15, 0.2) is 0 Å². The predicted molar refractivity (Wildman–Crippen MR) is 78.5 cm³/mol. The predicted octanol–water partition coefficient (Wildman–Crippen LogP) is 3.68. The summed E-state index contributed by atoms with van der Waals surface area (Å²) in [7, 11) is 2.01. The molecule has 4 nitrogen and oxygen atoms in total. The van der Waals surface area contributed by atoms with E-state index < -0.39 is 0 Å². The van der Waals surface area contributed by atoms with Crippen molar-refractivity contribution in [1.29, 1.82) is 0 Å². The largest absolute Gasteiger partial charge is 0.375 e. The first-order chi connectivity index (χ1) is 7.91. The second-order valence-electron chi connectivity index (χ2n) is 4.50. The number of halogens is 1. The van der Waals surface area contributed by atoms with Gasteiger partial charge in [0.2, 0.25) is 0 Å². The molecule has 1 rings (SSSR count). The van der Waals surface area contributed by atoms with Gasteiger partial charge in [-0.15, -0.1) is 0 Å². The van der Waals surface area contributed by atoms with E-state index in [4.69, 9.17) is 0 Å². The minimum absolute atomic E-state index is 0.173. The van der Waals surface area contributed by atoms with Crippen LogP contribution in [0.2, 0.25) is 0 Å². The Labute approximate surface area is 115 Å². The summed E-state index contributed by atoms with van der Waals surface area (Å²) in [5.41, 5.74) is 1.20. The molecule has 0 radical (unpaired) electrons. The van der Waals surface area contributed by atoms with Gasteiger partial charge in [-0.05, 0) is 47.1 Å². The van der Waals surface area contributed by atoms with E-state index in [1.165, 1.54) is 0 Å². The van der Waals surface area contributed by atoms with Crippen LogP contribution in [0.3, 0.4) is 0 Å². The molecule has 5 heteroatoms. The maximum atomic E-state index is 10.7. The molecule has 0 aromatic heterocycles. The quantitative estimate of drug-likeness (QED) is 0.463. The lowest BCUT2D eigenvalue weighted by atomic mass is 10.1. The number of nitro benzene ring substituents is 1. The van der Waals surface area contributed by atoms with Gasteiger partial charge in [0.1, 0.15) is 0 Å². The van der Waals surface area contributed by atoms with Crippen LogP contribution in [0.25, 0.3) is 0 Å². The summed E-state index contributed by atoms with van der Waals surface area (Å²) in [6, 6.07) is 5.24. The van der Waals surface area contributed by atoms with Crippen molar-refractivity contribution in [2.24, 2.45) is 5.92 Å². The first-order valence-electron chi connectivity index (χ1n) is 5.57. The van der Waals surface area contributed by atoms with Crippen LogP contribution in [0.15, 0.2) is 18.2 Å². The van der Waals surface area contributed by atoms with Crippen LogP contribution in [-0.2, 0) is 0 Å². The molecule has 1 aromatic carbocycles. The molecule has 0 saturated carbocycles. The third kappa shape index (κ3) is 4.14. The highest BCUT2D eigenvalue weighted by atomic mass is 127. The molecule has 0 aliphatic rings. The van der Waals surface area contributed by atoms with Crippen LogP contribution in [0.1, 0.15) is 20.3 Å². The lowest BCUT2D eigenvalue weighted by Gasteiger charge is -2.20. The number of hydrogen-bond acceptors (Lipinski definition) is 3. The Kier molecular flexibility index (Phi) is 5.17. The molecule has 0 unspecified atom stereocenters. The van der Waals surface area contributed by atoms with Crippen molar-refractivity contribution in [2.45, 2.75) is 20.3 Å². The van der Waals surface area contributed by atoms with Gasteiger partial charge in [-0.3, -0.25) is 10.1 Å². The van der Waals surface area contributed by atoms with Crippen LogP contribution >= 0.6 is 22.6 Å². The standard InChI is InChI=1S/C12H17IN2O2/c1-9(2)6-7-14(3)10-4-5-12(15(16)17)11(13)8-10/h4-5,8-9H,6-7H2,1-3H3. The summed E-state index contributed by atoms with van der Waals surface area (Å²) < 4.78 is 0.682. The highest BCUT2D eigenvalue weighted by Gasteiger charge is 2.13. The summed E-state index contributed by atoms with van der Waals surface area (Å²) in [6.07, 6.45) is 1.12. The molecule has 1 aromatic rings. The number of rotatable bonds is 5. The first kappa shape index (κ1) is 14.2. The third-order valence-electron chi connectivity index (χ3n) is 2.61. The molecular formula is C12H17IN2O2. The molecule has 0 N–H and O–H groups in total. The highest BCUT2D eigenvalue weighted by Crippen LogP contribution is 2.26. The van der Waals surface area contributed by atoms with Crippen molar-refractivity contribution in [3.05, 3.63) is 31.9 Å². The first-order valence-corrected chi connectivity index (χ1v) is 6.64. The van der Waals surface area contributed by atoms with Crippen molar-refractivity contribution in [3.8, 4) is 0 Å². The molecule has 0 heterocycles. The van der Waals surface area contributed by atoms with E-state index in [0.29, 0.717) is 9.49 Å². The number of nitrogens with zero attached hydrogens (tertiary/aromatic N) is 2. The van der Waals surface area contributed by atoms with E-state index >= 15 is 0 Å². The minimum Gasteiger partial charge on any atom is -0.375 e. The summed E-state index contributed by atoms with van der Waals surface area (Å²) in [4.78, 5) is 12.5. The van der Waals surface area contributed by atoms with E-state index in [1.54, 1.807) is 12.1 Å². The second kappa shape index (κ2) is 6.18. The number of hydrogen-bond donors (Lipinski definition) is 0. The Morgan fingerprint density at radius 1 is 1.47 bits per heavy atom. The van der Waals surface area contributed by atoms with E-state index in [9.17, 15) is 10.1 Å². The molecule has 0 aliphatic carbocycles. The number of anilines is 1. The topological polar surface area (TPSA) is 46.4 Å². The van der Waals surface area contributed by atoms with Gasteiger partial charge in [-0.1, -0.05) is 13.8 Å². The van der Waals surface area contributed by atoms with Gasteiger partial charge in [-0.25, -0.2) is 0 Å². The Morgan fingerprint density at radius 3 is 2.59 bits per heavy atom. The molecule has 0 amide bonds. The van der Waals surface area contributed by atoms with Crippen LogP contribution in [0, 0.1) is 19.6 Å². The Balaban J connectivity index is 2.79. The summed E-state index contributed by atoms with van der Waals surface area (Å²) >= 11 is 2.01. The maximum Gasteiger partial charge on any atom is 0.282 e. The number of nitro groups is 1. The Hall–Kier alpha value is -0.850. The molecule has 94 valence electrons. The van der Waals surface area contributed by atoms with Crippen molar-refractivity contribution < 1.29 is 4.92 Å². The molecule has 0 fully saturated rings. The molecule has 17 heavy (non-hydrogen) atoms. The average molecular weight is 348 g/mol. The van der Waals surface area contributed by atoms with Crippen molar-refractivity contribution in [2.75, 3.05) is 18.5 Å². The lowest BCUT2D eigenvalue weighted by molar-refractivity contribution is -0.385. The van der Waals surface area contributed by atoms with Gasteiger partial charge >= 0.3 is 0 Å². The molecule has 0 bridgehead atoms. The highest BCUT2D eigenvalue weighted by molar-refractivity contribution is 14.1. The van der Waals surface area contributed by atoms with Gasteiger partial charge in [0.25, 0.3) is 5.69 Å². The second-order valence-corrected chi connectivity index (χ2v) is 5.66. The molecule has 0 saturated heterocycles. The zero-order chi connectivity index (χ0) is 13.0. The van der Waals surface area contributed by atoms with Crippen LogP contribution in [0.4, 0.5) is 11.4 Å². The van der Waals surface area contributed by atoms with Gasteiger partial charge in [0.05, 0.1) is 8.49 Å². The van der Waals surface area contributed by atoms with Gasteiger partial charge < -0.3 is 4.90 Å². The fraction of sp³-hybridized carbons (Fsp3) is 0.500. The average Bonchev–Trinajstić information content (AvgIpc) is 2.25. The minimum atomic E-state index is -0.348. The summed E-state index contributed by atoms with van der Waals surface area (Å²) in [6.45, 7) is 5.34. The number of benzene rings is 1.